The van der Waals surface area contributed by atoms with Crippen molar-refractivity contribution in [1.29, 1.82) is 5.26 Å². The molecule has 0 aliphatic heterocycles. The smallest absolute Gasteiger partial charge is 0.302 e. The van der Waals surface area contributed by atoms with Crippen LogP contribution in [0, 0.1) is 39.9 Å². The number of nitrogens with zero attached hydrogens (tertiary/aromatic N) is 1. The molecule has 6 heteroatoms. The van der Waals surface area contributed by atoms with Gasteiger partial charge in [0.25, 0.3) is 0 Å². The van der Waals surface area contributed by atoms with E-state index in [1.165, 1.54) is 6.92 Å². The van der Waals surface area contributed by atoms with Gasteiger partial charge in [-0.15, -0.1) is 0 Å². The summed E-state index contributed by atoms with van der Waals surface area (Å²) in [5.74, 6) is -1.54. The molecule has 5 aliphatic carbocycles. The number of ether oxygens (including phenoxy) is 3. The number of Topliss-reactive ketones (excluding diaryl/α,β-unsaturated/α-hetero) is 1. The van der Waals surface area contributed by atoms with Crippen molar-refractivity contribution in [3.63, 3.8) is 0 Å². The third kappa shape index (κ3) is 2.19. The predicted molar refractivity (Wildman–Crippen MR) is 95.2 cm³/mol. The monoisotopic (exact) mass is 375 g/mol. The first-order valence-electron chi connectivity index (χ1n) is 10.1. The van der Waals surface area contributed by atoms with E-state index in [9.17, 15) is 14.9 Å². The Morgan fingerprint density at radius 2 is 1.85 bits per heavy atom. The van der Waals surface area contributed by atoms with E-state index in [-0.39, 0.29) is 35.6 Å². The maximum absolute atomic E-state index is 13.2. The third-order valence-electron chi connectivity index (χ3n) is 8.29. The number of hydrogen-bond acceptors (Lipinski definition) is 6. The van der Waals surface area contributed by atoms with Crippen molar-refractivity contribution in [3.8, 4) is 6.07 Å². The van der Waals surface area contributed by atoms with E-state index in [2.05, 4.69) is 6.07 Å². The number of ketones is 1. The molecule has 5 rings (SSSR count). The molecule has 5 fully saturated rings. The summed E-state index contributed by atoms with van der Waals surface area (Å²) in [4.78, 5) is 24.8. The van der Waals surface area contributed by atoms with E-state index >= 15 is 0 Å². The van der Waals surface area contributed by atoms with Crippen molar-refractivity contribution in [3.05, 3.63) is 0 Å². The lowest BCUT2D eigenvalue weighted by atomic mass is 9.37. The Morgan fingerprint density at radius 1 is 1.15 bits per heavy atom. The first-order valence-corrected chi connectivity index (χ1v) is 10.1. The summed E-state index contributed by atoms with van der Waals surface area (Å²) >= 11 is 0. The average Bonchev–Trinajstić information content (AvgIpc) is 2.68. The number of fused-ring (bicyclic) bond motifs is 3. The van der Waals surface area contributed by atoms with Crippen LogP contribution in [-0.4, -0.2) is 37.9 Å². The highest BCUT2D eigenvalue weighted by atomic mass is 16.7. The summed E-state index contributed by atoms with van der Waals surface area (Å²) in [6, 6.07) is 2.69. The van der Waals surface area contributed by atoms with Gasteiger partial charge in [0.1, 0.15) is 6.10 Å². The van der Waals surface area contributed by atoms with Gasteiger partial charge in [-0.05, 0) is 57.3 Å². The van der Waals surface area contributed by atoms with E-state index in [1.807, 2.05) is 0 Å². The lowest BCUT2D eigenvalue weighted by Gasteiger charge is -2.68. The van der Waals surface area contributed by atoms with E-state index in [4.69, 9.17) is 14.2 Å². The number of nitriles is 1. The van der Waals surface area contributed by atoms with Gasteiger partial charge in [0.15, 0.2) is 5.78 Å². The normalized spacial score (nSPS) is 44.7. The lowest BCUT2D eigenvalue weighted by Crippen LogP contribution is -2.73. The molecule has 27 heavy (non-hydrogen) atoms. The van der Waals surface area contributed by atoms with Gasteiger partial charge >= 0.3 is 5.97 Å². The molecule has 0 heterocycles. The SMILES string of the molecule is COC1(OC)C(=O)[C@H]2CC[C@@]13CC[C@@H]1[C@@H](OC(C)=O)CCCC1(C#N)C3C2. The first-order chi connectivity index (χ1) is 12.9. The van der Waals surface area contributed by atoms with Crippen LogP contribution >= 0.6 is 0 Å². The number of hydrogen-bond donors (Lipinski definition) is 0. The Bertz CT molecular complexity index is 695. The molecule has 5 aliphatic rings. The van der Waals surface area contributed by atoms with Crippen molar-refractivity contribution in [1.82, 2.24) is 0 Å². The average molecular weight is 375 g/mol. The van der Waals surface area contributed by atoms with Crippen LogP contribution in [0.4, 0.5) is 0 Å². The lowest BCUT2D eigenvalue weighted by molar-refractivity contribution is -0.326. The zero-order valence-corrected chi connectivity index (χ0v) is 16.5. The van der Waals surface area contributed by atoms with E-state index in [0.29, 0.717) is 0 Å². The standard InChI is InChI=1S/C21H29NO5/c1-13(23)27-16-5-4-8-19(12-22)15(16)7-10-20-9-6-14(11-17(19)20)18(24)21(20,25-2)26-3/h14-17H,4-11H2,1-3H3/t14-,15+,16-,17?,19?,20-/m0/s1. The zero-order valence-electron chi connectivity index (χ0n) is 16.5. The highest BCUT2D eigenvalue weighted by molar-refractivity contribution is 5.91. The number of carbonyl (C=O) groups is 2. The van der Waals surface area contributed by atoms with Crippen molar-refractivity contribution < 1.29 is 23.8 Å². The predicted octanol–water partition coefficient (Wildman–Crippen LogP) is 3.00. The Balaban J connectivity index is 1.81. The van der Waals surface area contributed by atoms with Crippen LogP contribution in [0.5, 0.6) is 0 Å². The molecule has 6 nitrogen and oxygen atoms in total. The molecule has 2 unspecified atom stereocenters. The van der Waals surface area contributed by atoms with Crippen molar-refractivity contribution >= 4 is 11.8 Å². The number of rotatable bonds is 3. The van der Waals surface area contributed by atoms with Crippen LogP contribution in [0.15, 0.2) is 0 Å². The summed E-state index contributed by atoms with van der Waals surface area (Å²) in [7, 11) is 3.11. The van der Waals surface area contributed by atoms with Crippen molar-refractivity contribution in [2.75, 3.05) is 14.2 Å². The van der Waals surface area contributed by atoms with Crippen molar-refractivity contribution in [2.45, 2.75) is 70.2 Å². The molecule has 0 saturated heterocycles. The number of carbonyl (C=O) groups excluding carboxylic acids is 2. The minimum atomic E-state index is -1.25. The van der Waals surface area contributed by atoms with Crippen LogP contribution in [0.2, 0.25) is 0 Å². The summed E-state index contributed by atoms with van der Waals surface area (Å²) in [5.41, 5.74) is -1.05. The minimum absolute atomic E-state index is 0.0247. The fourth-order valence-electron chi connectivity index (χ4n) is 7.41. The second-order valence-electron chi connectivity index (χ2n) is 8.91. The first kappa shape index (κ1) is 18.9. The third-order valence-corrected chi connectivity index (χ3v) is 8.29. The molecule has 0 aromatic rings. The largest absolute Gasteiger partial charge is 0.462 e. The Morgan fingerprint density at radius 3 is 2.48 bits per heavy atom. The molecular weight excluding hydrogens is 346 g/mol. The summed E-state index contributed by atoms with van der Waals surface area (Å²) in [5, 5.41) is 10.4. The number of esters is 1. The molecule has 0 aromatic heterocycles. The maximum Gasteiger partial charge on any atom is 0.302 e. The Labute approximate surface area is 160 Å². The molecule has 1 spiro atoms. The molecular formula is C21H29NO5. The Kier molecular flexibility index (Phi) is 4.40. The molecule has 0 radical (unpaired) electrons. The van der Waals surface area contributed by atoms with Gasteiger partial charge in [0, 0.05) is 38.4 Å². The van der Waals surface area contributed by atoms with Gasteiger partial charge in [-0.1, -0.05) is 0 Å². The second-order valence-corrected chi connectivity index (χ2v) is 8.91. The van der Waals surface area contributed by atoms with E-state index in [0.717, 1.165) is 51.4 Å². The van der Waals surface area contributed by atoms with Crippen LogP contribution in [0.3, 0.4) is 0 Å². The van der Waals surface area contributed by atoms with Crippen LogP contribution < -0.4 is 0 Å². The highest BCUT2D eigenvalue weighted by Crippen LogP contribution is 2.71. The molecule has 148 valence electrons. The minimum Gasteiger partial charge on any atom is -0.462 e. The van der Waals surface area contributed by atoms with Gasteiger partial charge in [-0.3, -0.25) is 9.59 Å². The molecule has 0 aromatic carbocycles. The second kappa shape index (κ2) is 6.28. The van der Waals surface area contributed by atoms with Gasteiger partial charge < -0.3 is 14.2 Å². The quantitative estimate of drug-likeness (QED) is 0.557. The van der Waals surface area contributed by atoms with Gasteiger partial charge in [0.2, 0.25) is 5.79 Å². The molecule has 2 bridgehead atoms. The fraction of sp³-hybridized carbons (Fsp3) is 0.857. The summed E-state index contributed by atoms with van der Waals surface area (Å²) in [6.45, 7) is 1.44. The highest BCUT2D eigenvalue weighted by Gasteiger charge is 2.75. The maximum atomic E-state index is 13.2. The molecule has 6 atom stereocenters. The zero-order chi connectivity index (χ0) is 19.4. The van der Waals surface area contributed by atoms with Crippen LogP contribution in [-0.2, 0) is 23.8 Å². The Hall–Kier alpha value is -1.45. The number of methoxy groups -OCH3 is 2. The van der Waals surface area contributed by atoms with Gasteiger partial charge in [-0.2, -0.15) is 5.26 Å². The summed E-state index contributed by atoms with van der Waals surface area (Å²) in [6.07, 6.45) is 6.22. The summed E-state index contributed by atoms with van der Waals surface area (Å²) < 4.78 is 17.3. The fourth-order valence-corrected chi connectivity index (χ4v) is 7.41. The van der Waals surface area contributed by atoms with Gasteiger partial charge in [-0.25, -0.2) is 0 Å². The molecule has 0 amide bonds. The molecule has 0 N–H and O–H groups in total. The molecule has 5 saturated carbocycles. The van der Waals surface area contributed by atoms with Gasteiger partial charge in [0.05, 0.1) is 11.5 Å². The van der Waals surface area contributed by atoms with Crippen LogP contribution in [0.25, 0.3) is 0 Å². The van der Waals surface area contributed by atoms with E-state index in [1.54, 1.807) is 14.2 Å². The van der Waals surface area contributed by atoms with Crippen LogP contribution in [0.1, 0.15) is 58.3 Å². The topological polar surface area (TPSA) is 85.6 Å². The van der Waals surface area contributed by atoms with Crippen molar-refractivity contribution in [2.24, 2.45) is 28.6 Å². The van der Waals surface area contributed by atoms with E-state index < -0.39 is 16.6 Å².